The minimum atomic E-state index is 0.763. The van der Waals surface area contributed by atoms with Crippen LogP contribution in [0.5, 0.6) is 0 Å². The molecule has 0 spiro atoms. The van der Waals surface area contributed by atoms with Gasteiger partial charge in [-0.1, -0.05) is 53.8 Å². The predicted octanol–water partition coefficient (Wildman–Crippen LogP) is 5.04. The van der Waals surface area contributed by atoms with Gasteiger partial charge in [-0.05, 0) is 68.1 Å². The van der Waals surface area contributed by atoms with E-state index in [9.17, 15) is 0 Å². The predicted molar refractivity (Wildman–Crippen MR) is 102 cm³/mol. The molecule has 0 N–H and O–H groups in total. The number of piperidine rings is 1. The van der Waals surface area contributed by atoms with Gasteiger partial charge in [0.1, 0.15) is 0 Å². The van der Waals surface area contributed by atoms with Crippen molar-refractivity contribution in [3.63, 3.8) is 0 Å². The van der Waals surface area contributed by atoms with Gasteiger partial charge in [-0.25, -0.2) is 0 Å². The first-order chi connectivity index (χ1) is 11.8. The Labute approximate surface area is 150 Å². The summed E-state index contributed by atoms with van der Waals surface area (Å²) in [6, 6.07) is 18.6. The maximum absolute atomic E-state index is 5.88. The third kappa shape index (κ3) is 5.41. The molecule has 1 heterocycles. The van der Waals surface area contributed by atoms with Crippen molar-refractivity contribution >= 4 is 11.6 Å². The summed E-state index contributed by atoms with van der Waals surface area (Å²) >= 11 is 5.88. The van der Waals surface area contributed by atoms with Gasteiger partial charge in [0.2, 0.25) is 0 Å². The van der Waals surface area contributed by atoms with Gasteiger partial charge in [0.25, 0.3) is 0 Å². The second-order valence-electron chi connectivity index (χ2n) is 6.53. The Kier molecular flexibility index (Phi) is 6.35. The van der Waals surface area contributed by atoms with Crippen LogP contribution in [0.25, 0.3) is 0 Å². The number of likely N-dealkylation sites (tertiary alicyclic amines) is 1. The van der Waals surface area contributed by atoms with Gasteiger partial charge in [0.15, 0.2) is 0 Å². The van der Waals surface area contributed by atoms with Crippen LogP contribution in [0, 0.1) is 17.8 Å². The minimum absolute atomic E-state index is 0.763. The first-order valence-corrected chi connectivity index (χ1v) is 9.18. The maximum atomic E-state index is 5.88. The number of rotatable bonds is 4. The molecule has 3 rings (SSSR count). The highest BCUT2D eigenvalue weighted by Gasteiger charge is 2.18. The first kappa shape index (κ1) is 17.1. The summed E-state index contributed by atoms with van der Waals surface area (Å²) < 4.78 is 0. The molecule has 1 nitrogen and oxygen atoms in total. The molecular weight excluding hydrogens is 314 g/mol. The molecule has 1 aliphatic rings. The molecule has 0 radical (unpaired) electrons. The van der Waals surface area contributed by atoms with Gasteiger partial charge in [-0.2, -0.15) is 0 Å². The first-order valence-electron chi connectivity index (χ1n) is 8.80. The van der Waals surface area contributed by atoms with Crippen molar-refractivity contribution in [2.75, 3.05) is 19.6 Å². The highest BCUT2D eigenvalue weighted by molar-refractivity contribution is 6.30. The fourth-order valence-corrected chi connectivity index (χ4v) is 3.40. The summed E-state index contributed by atoms with van der Waals surface area (Å²) in [7, 11) is 0. The van der Waals surface area contributed by atoms with E-state index in [1.54, 1.807) is 0 Å². The molecule has 2 aromatic carbocycles. The Balaban J connectivity index is 1.37. The lowest BCUT2D eigenvalue weighted by molar-refractivity contribution is 0.187. The Morgan fingerprint density at radius 1 is 0.958 bits per heavy atom. The van der Waals surface area contributed by atoms with Gasteiger partial charge in [-0.3, -0.25) is 0 Å². The standard InChI is InChI=1S/C22H24ClN/c23-22-11-9-19(10-12-22)6-4-5-15-24-16-13-21(14-17-24)18-20-7-2-1-3-8-20/h1-3,7-12,21H,5,13-18H2. The second kappa shape index (κ2) is 8.92. The Morgan fingerprint density at radius 3 is 2.38 bits per heavy atom. The molecule has 0 amide bonds. The average molecular weight is 338 g/mol. The molecule has 0 saturated carbocycles. The topological polar surface area (TPSA) is 3.24 Å². The van der Waals surface area contributed by atoms with E-state index in [0.717, 1.165) is 29.5 Å². The van der Waals surface area contributed by atoms with Gasteiger partial charge in [-0.15, -0.1) is 0 Å². The van der Waals surface area contributed by atoms with Crippen molar-refractivity contribution in [3.05, 3.63) is 70.7 Å². The van der Waals surface area contributed by atoms with Crippen LogP contribution in [-0.4, -0.2) is 24.5 Å². The molecule has 1 aliphatic heterocycles. The Morgan fingerprint density at radius 2 is 1.67 bits per heavy atom. The van der Waals surface area contributed by atoms with Gasteiger partial charge in [0.05, 0.1) is 0 Å². The smallest absolute Gasteiger partial charge is 0.0406 e. The molecule has 0 unspecified atom stereocenters. The molecular formula is C22H24ClN. The highest BCUT2D eigenvalue weighted by atomic mass is 35.5. The van der Waals surface area contributed by atoms with Crippen LogP contribution in [0.4, 0.5) is 0 Å². The molecule has 124 valence electrons. The number of benzene rings is 2. The lowest BCUT2D eigenvalue weighted by atomic mass is 9.90. The highest BCUT2D eigenvalue weighted by Crippen LogP contribution is 2.21. The normalized spacial score (nSPS) is 15.7. The van der Waals surface area contributed by atoms with E-state index in [-0.39, 0.29) is 0 Å². The molecule has 0 atom stereocenters. The van der Waals surface area contributed by atoms with Crippen LogP contribution < -0.4 is 0 Å². The minimum Gasteiger partial charge on any atom is -0.302 e. The van der Waals surface area contributed by atoms with Crippen LogP contribution in [0.1, 0.15) is 30.4 Å². The van der Waals surface area contributed by atoms with E-state index in [2.05, 4.69) is 47.1 Å². The van der Waals surface area contributed by atoms with Gasteiger partial charge < -0.3 is 4.90 Å². The molecule has 1 fully saturated rings. The number of halogens is 1. The zero-order valence-electron chi connectivity index (χ0n) is 14.0. The third-order valence-corrected chi connectivity index (χ3v) is 4.96. The Bertz CT molecular complexity index is 673. The summed E-state index contributed by atoms with van der Waals surface area (Å²) in [5, 5.41) is 0.763. The maximum Gasteiger partial charge on any atom is 0.0406 e. The average Bonchev–Trinajstić information content (AvgIpc) is 2.62. The van der Waals surface area contributed by atoms with Crippen molar-refractivity contribution in [2.45, 2.75) is 25.7 Å². The van der Waals surface area contributed by atoms with Crippen molar-refractivity contribution < 1.29 is 0 Å². The zero-order chi connectivity index (χ0) is 16.6. The van der Waals surface area contributed by atoms with Crippen LogP contribution in [0.2, 0.25) is 5.02 Å². The molecule has 0 aromatic heterocycles. The van der Waals surface area contributed by atoms with Gasteiger partial charge >= 0.3 is 0 Å². The number of hydrogen-bond donors (Lipinski definition) is 0. The lowest BCUT2D eigenvalue weighted by Gasteiger charge is -2.31. The van der Waals surface area contributed by atoms with Gasteiger partial charge in [0, 0.05) is 23.6 Å². The van der Waals surface area contributed by atoms with E-state index in [1.165, 1.54) is 37.9 Å². The summed E-state index contributed by atoms with van der Waals surface area (Å²) in [5.74, 6) is 7.34. The summed E-state index contributed by atoms with van der Waals surface area (Å²) in [6.07, 6.45) is 4.77. The Hall–Kier alpha value is -1.75. The molecule has 0 aliphatic carbocycles. The van der Waals surface area contributed by atoms with Crippen molar-refractivity contribution in [1.29, 1.82) is 0 Å². The van der Waals surface area contributed by atoms with E-state index in [4.69, 9.17) is 11.6 Å². The monoisotopic (exact) mass is 337 g/mol. The second-order valence-corrected chi connectivity index (χ2v) is 6.97. The lowest BCUT2D eigenvalue weighted by Crippen LogP contribution is -2.34. The number of nitrogens with zero attached hydrogens (tertiary/aromatic N) is 1. The molecule has 2 heteroatoms. The van der Waals surface area contributed by atoms with E-state index < -0.39 is 0 Å². The van der Waals surface area contributed by atoms with Crippen LogP contribution in [-0.2, 0) is 6.42 Å². The molecule has 2 aromatic rings. The SMILES string of the molecule is Clc1ccc(C#CCCN2CCC(Cc3ccccc3)CC2)cc1. The van der Waals surface area contributed by atoms with E-state index in [0.29, 0.717) is 0 Å². The van der Waals surface area contributed by atoms with Crippen LogP contribution >= 0.6 is 11.6 Å². The van der Waals surface area contributed by atoms with Crippen molar-refractivity contribution in [2.24, 2.45) is 5.92 Å². The van der Waals surface area contributed by atoms with Crippen LogP contribution in [0.3, 0.4) is 0 Å². The summed E-state index contributed by atoms with van der Waals surface area (Å²) in [5.41, 5.74) is 2.52. The fraction of sp³-hybridized carbons (Fsp3) is 0.364. The van der Waals surface area contributed by atoms with Crippen molar-refractivity contribution in [1.82, 2.24) is 4.90 Å². The summed E-state index contributed by atoms with van der Waals surface area (Å²) in [6.45, 7) is 3.50. The van der Waals surface area contributed by atoms with E-state index in [1.807, 2.05) is 24.3 Å². The fourth-order valence-electron chi connectivity index (χ4n) is 3.27. The largest absolute Gasteiger partial charge is 0.302 e. The van der Waals surface area contributed by atoms with Crippen LogP contribution in [0.15, 0.2) is 54.6 Å². The zero-order valence-corrected chi connectivity index (χ0v) is 14.8. The summed E-state index contributed by atoms with van der Waals surface area (Å²) in [4.78, 5) is 2.55. The molecule has 0 bridgehead atoms. The number of hydrogen-bond acceptors (Lipinski definition) is 1. The van der Waals surface area contributed by atoms with E-state index >= 15 is 0 Å². The quantitative estimate of drug-likeness (QED) is 0.707. The van der Waals surface area contributed by atoms with Crippen molar-refractivity contribution in [3.8, 4) is 11.8 Å². The third-order valence-electron chi connectivity index (χ3n) is 4.70. The molecule has 24 heavy (non-hydrogen) atoms. The molecule has 1 saturated heterocycles.